The van der Waals surface area contributed by atoms with Crippen molar-refractivity contribution in [3.63, 3.8) is 0 Å². The van der Waals surface area contributed by atoms with Gasteiger partial charge in [0.1, 0.15) is 5.75 Å². The highest BCUT2D eigenvalue weighted by atomic mass is 127. The van der Waals surface area contributed by atoms with E-state index in [-0.39, 0.29) is 36.3 Å². The molecule has 0 bridgehead atoms. The molecule has 0 aliphatic heterocycles. The van der Waals surface area contributed by atoms with Crippen LogP contribution < -0.4 is 24.8 Å². The van der Waals surface area contributed by atoms with Crippen molar-refractivity contribution in [1.82, 2.24) is 10.6 Å². The maximum atomic E-state index is 12.4. The molecule has 0 fully saturated rings. The molecule has 2 N–H and O–H groups in total. The fourth-order valence-electron chi connectivity index (χ4n) is 2.53. The summed E-state index contributed by atoms with van der Waals surface area (Å²) in [5, 5.41) is 6.21. The molecule has 0 aliphatic carbocycles. The van der Waals surface area contributed by atoms with Crippen molar-refractivity contribution in [2.45, 2.75) is 19.3 Å². The van der Waals surface area contributed by atoms with E-state index >= 15 is 0 Å². The lowest BCUT2D eigenvalue weighted by Crippen LogP contribution is -2.36. The van der Waals surface area contributed by atoms with Gasteiger partial charge in [0.05, 0.1) is 14.2 Å². The van der Waals surface area contributed by atoms with Crippen molar-refractivity contribution in [3.8, 4) is 17.2 Å². The number of hydrogen-bond donors (Lipinski definition) is 2. The second-order valence-corrected chi connectivity index (χ2v) is 5.98. The highest BCUT2D eigenvalue weighted by Crippen LogP contribution is 2.27. The molecule has 0 amide bonds. The van der Waals surface area contributed by atoms with Crippen LogP contribution in [0.3, 0.4) is 0 Å². The number of guanidine groups is 1. The third-order valence-electron chi connectivity index (χ3n) is 3.94. The number of nitrogens with one attached hydrogen (secondary N) is 2. The summed E-state index contributed by atoms with van der Waals surface area (Å²) in [5.41, 5.74) is 1.53. The van der Waals surface area contributed by atoms with Gasteiger partial charge >= 0.3 is 6.18 Å². The lowest BCUT2D eigenvalue weighted by Gasteiger charge is -2.16. The molecule has 166 valence electrons. The number of ether oxygens (including phenoxy) is 3. The number of halogens is 4. The summed E-state index contributed by atoms with van der Waals surface area (Å²) in [6, 6.07) is 12.1. The van der Waals surface area contributed by atoms with Gasteiger partial charge in [0, 0.05) is 25.7 Å². The van der Waals surface area contributed by atoms with E-state index in [4.69, 9.17) is 14.2 Å². The van der Waals surface area contributed by atoms with Crippen molar-refractivity contribution >= 4 is 29.9 Å². The average Bonchev–Trinajstić information content (AvgIpc) is 2.72. The molecule has 0 spiro atoms. The molecular formula is C20H25F3IN3O3. The third kappa shape index (κ3) is 8.17. The summed E-state index contributed by atoms with van der Waals surface area (Å²) in [6.07, 6.45) is -4.39. The van der Waals surface area contributed by atoms with Crippen molar-refractivity contribution in [3.05, 3.63) is 53.6 Å². The normalized spacial score (nSPS) is 11.3. The van der Waals surface area contributed by atoms with Crippen LogP contribution in [0.4, 0.5) is 13.2 Å². The maximum Gasteiger partial charge on any atom is 0.422 e. The molecule has 2 aromatic carbocycles. The Bertz CT molecular complexity index is 832. The van der Waals surface area contributed by atoms with Gasteiger partial charge in [-0.15, -0.1) is 24.0 Å². The van der Waals surface area contributed by atoms with Gasteiger partial charge in [-0.05, 0) is 23.8 Å². The standard InChI is InChI=1S/C20H24F3N3O3.HI/c1-24-19(25-11-14-8-9-17(27-2)18(10-14)28-3)26-12-15-6-4-5-7-16(15)29-13-20(21,22)23;/h4-10H,11-13H2,1-3H3,(H2,24,25,26);1H. The zero-order valence-corrected chi connectivity index (χ0v) is 19.2. The van der Waals surface area contributed by atoms with Crippen LogP contribution in [0.15, 0.2) is 47.5 Å². The first kappa shape index (κ1) is 25.7. The van der Waals surface area contributed by atoms with Crippen LogP contribution in [-0.4, -0.2) is 40.0 Å². The zero-order valence-electron chi connectivity index (χ0n) is 16.9. The van der Waals surface area contributed by atoms with E-state index in [1.165, 1.54) is 6.07 Å². The number of methoxy groups -OCH3 is 2. The van der Waals surface area contributed by atoms with Crippen LogP contribution in [0.25, 0.3) is 0 Å². The molecule has 2 aromatic rings. The van der Waals surface area contributed by atoms with Crippen LogP contribution in [0, 0.1) is 0 Å². The molecule has 0 atom stereocenters. The Hall–Kier alpha value is -2.37. The van der Waals surface area contributed by atoms with Gasteiger partial charge in [0.15, 0.2) is 24.1 Å². The molecule has 6 nitrogen and oxygen atoms in total. The van der Waals surface area contributed by atoms with Crippen LogP contribution in [0.5, 0.6) is 17.2 Å². The molecule has 0 heterocycles. The van der Waals surface area contributed by atoms with Gasteiger partial charge in [0.2, 0.25) is 0 Å². The Balaban J connectivity index is 0.00000450. The van der Waals surface area contributed by atoms with Crippen LogP contribution in [-0.2, 0) is 13.1 Å². The number of para-hydroxylation sites is 1. The Morgan fingerprint density at radius 3 is 2.23 bits per heavy atom. The van der Waals surface area contributed by atoms with E-state index in [0.717, 1.165) is 5.56 Å². The molecular weight excluding hydrogens is 514 g/mol. The highest BCUT2D eigenvalue weighted by Gasteiger charge is 2.28. The molecule has 0 unspecified atom stereocenters. The van der Waals surface area contributed by atoms with Crippen LogP contribution in [0.1, 0.15) is 11.1 Å². The topological polar surface area (TPSA) is 64.1 Å². The van der Waals surface area contributed by atoms with Gasteiger partial charge in [0.25, 0.3) is 0 Å². The fourth-order valence-corrected chi connectivity index (χ4v) is 2.53. The van der Waals surface area contributed by atoms with Gasteiger partial charge in [-0.3, -0.25) is 4.99 Å². The van der Waals surface area contributed by atoms with E-state index in [2.05, 4.69) is 15.6 Å². The maximum absolute atomic E-state index is 12.4. The summed E-state index contributed by atoms with van der Waals surface area (Å²) in [7, 11) is 4.74. The second-order valence-electron chi connectivity index (χ2n) is 5.98. The summed E-state index contributed by atoms with van der Waals surface area (Å²) in [4.78, 5) is 4.13. The Labute approximate surface area is 190 Å². The van der Waals surface area contributed by atoms with Crippen molar-refractivity contribution in [2.75, 3.05) is 27.9 Å². The largest absolute Gasteiger partial charge is 0.493 e. The van der Waals surface area contributed by atoms with Gasteiger partial charge in [-0.2, -0.15) is 13.2 Å². The Kier molecular flexibility index (Phi) is 10.6. The number of nitrogens with zero attached hydrogens (tertiary/aromatic N) is 1. The molecule has 0 aromatic heterocycles. The van der Waals surface area contributed by atoms with E-state index in [1.807, 2.05) is 12.1 Å². The molecule has 0 radical (unpaired) electrons. The molecule has 10 heteroatoms. The number of alkyl halides is 3. The lowest BCUT2D eigenvalue weighted by atomic mass is 10.2. The minimum absolute atomic E-state index is 0. The van der Waals surface area contributed by atoms with E-state index in [1.54, 1.807) is 45.5 Å². The zero-order chi connectivity index (χ0) is 21.3. The Morgan fingerprint density at radius 1 is 0.933 bits per heavy atom. The summed E-state index contributed by atoms with van der Waals surface area (Å²) < 4.78 is 52.6. The first-order chi connectivity index (χ1) is 13.9. The molecule has 2 rings (SSSR count). The van der Waals surface area contributed by atoms with Crippen molar-refractivity contribution in [1.29, 1.82) is 0 Å². The van der Waals surface area contributed by atoms with Gasteiger partial charge in [-0.1, -0.05) is 24.3 Å². The van der Waals surface area contributed by atoms with Crippen LogP contribution in [0.2, 0.25) is 0 Å². The molecule has 0 saturated heterocycles. The van der Waals surface area contributed by atoms with Crippen LogP contribution >= 0.6 is 24.0 Å². The first-order valence-corrected chi connectivity index (χ1v) is 8.79. The lowest BCUT2D eigenvalue weighted by molar-refractivity contribution is -0.153. The fraction of sp³-hybridized carbons (Fsp3) is 0.350. The molecule has 0 aliphatic rings. The second kappa shape index (κ2) is 12.4. The first-order valence-electron chi connectivity index (χ1n) is 8.79. The summed E-state index contributed by atoms with van der Waals surface area (Å²) >= 11 is 0. The van der Waals surface area contributed by atoms with E-state index in [0.29, 0.717) is 29.6 Å². The van der Waals surface area contributed by atoms with E-state index in [9.17, 15) is 13.2 Å². The van der Waals surface area contributed by atoms with Crippen molar-refractivity contribution in [2.24, 2.45) is 4.99 Å². The summed E-state index contributed by atoms with van der Waals surface area (Å²) in [6.45, 7) is -0.623. The average molecular weight is 539 g/mol. The number of benzene rings is 2. The summed E-state index contributed by atoms with van der Waals surface area (Å²) in [5.74, 6) is 1.91. The SMILES string of the molecule is CN=C(NCc1ccc(OC)c(OC)c1)NCc1ccccc1OCC(F)(F)F.I. The predicted molar refractivity (Wildman–Crippen MR) is 120 cm³/mol. The molecule has 30 heavy (non-hydrogen) atoms. The third-order valence-corrected chi connectivity index (χ3v) is 3.94. The molecule has 0 saturated carbocycles. The number of rotatable bonds is 8. The van der Waals surface area contributed by atoms with Gasteiger partial charge in [-0.25, -0.2) is 0 Å². The predicted octanol–water partition coefficient (Wildman–Crippen LogP) is 4.13. The monoisotopic (exact) mass is 539 g/mol. The van der Waals surface area contributed by atoms with E-state index < -0.39 is 12.8 Å². The number of aliphatic imine (C=N–C) groups is 1. The minimum Gasteiger partial charge on any atom is -0.493 e. The smallest absolute Gasteiger partial charge is 0.422 e. The quantitative estimate of drug-likeness (QED) is 0.300. The van der Waals surface area contributed by atoms with Gasteiger partial charge < -0.3 is 24.8 Å². The van der Waals surface area contributed by atoms with Crippen molar-refractivity contribution < 1.29 is 27.4 Å². The number of hydrogen-bond acceptors (Lipinski definition) is 4. The minimum atomic E-state index is -4.39. The highest BCUT2D eigenvalue weighted by molar-refractivity contribution is 14.0. The Morgan fingerprint density at radius 2 is 1.60 bits per heavy atom.